The molecule has 0 unspecified atom stereocenters. The van der Waals surface area contributed by atoms with Gasteiger partial charge in [-0.05, 0) is 42.5 Å². The van der Waals surface area contributed by atoms with Gasteiger partial charge in [-0.2, -0.15) is 0 Å². The summed E-state index contributed by atoms with van der Waals surface area (Å²) < 4.78 is 0. The van der Waals surface area contributed by atoms with Crippen LogP contribution < -0.4 is 10.6 Å². The van der Waals surface area contributed by atoms with Crippen molar-refractivity contribution >= 4 is 22.6 Å². The monoisotopic (exact) mass is 453 g/mol. The van der Waals surface area contributed by atoms with Crippen LogP contribution in [-0.4, -0.2) is 30.3 Å². The van der Waals surface area contributed by atoms with Crippen LogP contribution in [0, 0.1) is 6.92 Å². The molecule has 1 aromatic heterocycles. The first-order valence-electron chi connectivity index (χ1n) is 11.7. The maximum Gasteiger partial charge on any atom is 0.220 e. The molecule has 0 saturated heterocycles. The molecule has 0 bridgehead atoms. The lowest BCUT2D eigenvalue weighted by Crippen LogP contribution is -2.30. The van der Waals surface area contributed by atoms with Crippen molar-refractivity contribution in [2.24, 2.45) is 0 Å². The molecule has 1 amide bonds. The van der Waals surface area contributed by atoms with Crippen LogP contribution in [-0.2, 0) is 17.6 Å². The lowest BCUT2D eigenvalue weighted by Gasteiger charge is -2.18. The summed E-state index contributed by atoms with van der Waals surface area (Å²) in [6.07, 6.45) is 3.74. The normalized spacial score (nSPS) is 11.9. The van der Waals surface area contributed by atoms with Crippen molar-refractivity contribution in [3.63, 3.8) is 0 Å². The van der Waals surface area contributed by atoms with E-state index >= 15 is 0 Å². The summed E-state index contributed by atoms with van der Waals surface area (Å²) >= 11 is 0. The number of hydrogen-bond donors (Lipinski definition) is 3. The van der Waals surface area contributed by atoms with Gasteiger partial charge < -0.3 is 15.6 Å². The molecular weight excluding hydrogens is 422 g/mol. The zero-order valence-electron chi connectivity index (χ0n) is 19.7. The molecule has 3 N–H and O–H groups in total. The summed E-state index contributed by atoms with van der Waals surface area (Å²) in [5, 5.41) is 7.04. The van der Waals surface area contributed by atoms with Gasteiger partial charge in [0.25, 0.3) is 0 Å². The molecular formula is C29H31N3O2. The van der Waals surface area contributed by atoms with E-state index in [9.17, 15) is 9.59 Å². The van der Waals surface area contributed by atoms with Gasteiger partial charge in [0.05, 0.1) is 6.04 Å². The zero-order chi connectivity index (χ0) is 23.9. The maximum absolute atomic E-state index is 13.7. The summed E-state index contributed by atoms with van der Waals surface area (Å²) in [6, 6.07) is 23.9. The predicted octanol–water partition coefficient (Wildman–Crippen LogP) is 4.91. The number of nitrogens with one attached hydrogen (secondary N) is 3. The molecule has 1 heterocycles. The van der Waals surface area contributed by atoms with E-state index in [4.69, 9.17) is 0 Å². The number of aromatic nitrogens is 1. The minimum absolute atomic E-state index is 0.0184. The number of carbonyl (C=O) groups is 2. The van der Waals surface area contributed by atoms with Crippen molar-refractivity contribution in [2.45, 2.75) is 32.2 Å². The zero-order valence-corrected chi connectivity index (χ0v) is 19.7. The van der Waals surface area contributed by atoms with Crippen molar-refractivity contribution in [3.8, 4) is 0 Å². The summed E-state index contributed by atoms with van der Waals surface area (Å²) in [5.41, 5.74) is 6.08. The van der Waals surface area contributed by atoms with E-state index in [1.165, 1.54) is 11.1 Å². The highest BCUT2D eigenvalue weighted by atomic mass is 16.1. The molecule has 5 nitrogen and oxygen atoms in total. The number of rotatable bonds is 10. The van der Waals surface area contributed by atoms with Gasteiger partial charge in [0.1, 0.15) is 0 Å². The van der Waals surface area contributed by atoms with Gasteiger partial charge in [0.2, 0.25) is 5.91 Å². The largest absolute Gasteiger partial charge is 0.360 e. The van der Waals surface area contributed by atoms with Crippen LogP contribution in [0.4, 0.5) is 0 Å². The minimum atomic E-state index is -0.432. The van der Waals surface area contributed by atoms with Gasteiger partial charge in [0, 0.05) is 42.7 Å². The molecule has 174 valence electrons. The highest BCUT2D eigenvalue weighted by Gasteiger charge is 2.24. The van der Waals surface area contributed by atoms with E-state index in [1.807, 2.05) is 48.5 Å². The Balaban J connectivity index is 1.53. The third kappa shape index (κ3) is 5.61. The van der Waals surface area contributed by atoms with E-state index in [2.05, 4.69) is 46.8 Å². The van der Waals surface area contributed by atoms with E-state index in [-0.39, 0.29) is 11.7 Å². The number of carbonyl (C=O) groups excluding carboxylic acids is 2. The molecule has 0 saturated carbocycles. The molecule has 34 heavy (non-hydrogen) atoms. The second-order valence-corrected chi connectivity index (χ2v) is 8.65. The molecule has 0 spiro atoms. The summed E-state index contributed by atoms with van der Waals surface area (Å²) in [4.78, 5) is 28.5. The molecule has 1 atom stereocenters. The van der Waals surface area contributed by atoms with Crippen LogP contribution in [0.3, 0.4) is 0 Å². The van der Waals surface area contributed by atoms with Crippen molar-refractivity contribution < 1.29 is 9.59 Å². The number of Topliss-reactive ketones (excluding diaryl/α,β-unsaturated/α-hetero) is 1. The van der Waals surface area contributed by atoms with E-state index in [1.54, 1.807) is 13.2 Å². The van der Waals surface area contributed by atoms with E-state index < -0.39 is 6.04 Å². The number of amides is 1. The topological polar surface area (TPSA) is 74.0 Å². The highest BCUT2D eigenvalue weighted by molar-refractivity contribution is 6.10. The number of ketones is 1. The lowest BCUT2D eigenvalue weighted by molar-refractivity contribution is -0.120. The van der Waals surface area contributed by atoms with Gasteiger partial charge in [-0.1, -0.05) is 72.3 Å². The third-order valence-corrected chi connectivity index (χ3v) is 6.21. The molecule has 0 radical (unpaired) electrons. The Bertz CT molecular complexity index is 1260. The summed E-state index contributed by atoms with van der Waals surface area (Å²) in [7, 11) is 1.65. The summed E-state index contributed by atoms with van der Waals surface area (Å²) in [5.74, 6) is 0.0596. The summed E-state index contributed by atoms with van der Waals surface area (Å²) in [6.45, 7) is 2.78. The Kier molecular flexibility index (Phi) is 7.55. The van der Waals surface area contributed by atoms with Gasteiger partial charge >= 0.3 is 0 Å². The van der Waals surface area contributed by atoms with Crippen LogP contribution in [0.25, 0.3) is 10.9 Å². The first-order chi connectivity index (χ1) is 16.5. The Hall–Kier alpha value is -3.70. The molecule has 0 fully saturated rings. The molecule has 0 aliphatic heterocycles. The maximum atomic E-state index is 13.7. The minimum Gasteiger partial charge on any atom is -0.360 e. The predicted molar refractivity (Wildman–Crippen MR) is 137 cm³/mol. The standard InChI is InChI=1S/C29H31N3O2/c1-20-8-10-21(11-9-20)16-17-31-28(23-6-4-3-5-7-23)29(34)25-19-32-26-18-22(12-14-24(25)26)13-15-27(33)30-2/h3-12,14,18-19,28,31-32H,13,15-17H2,1-2H3,(H,30,33)/t28-/m0/s1. The van der Waals surface area contributed by atoms with Gasteiger partial charge in [0.15, 0.2) is 5.78 Å². The first kappa shape index (κ1) is 23.5. The van der Waals surface area contributed by atoms with Crippen LogP contribution in [0.15, 0.2) is 79.0 Å². The van der Waals surface area contributed by atoms with Gasteiger partial charge in [-0.25, -0.2) is 0 Å². The lowest BCUT2D eigenvalue weighted by atomic mass is 9.96. The van der Waals surface area contributed by atoms with Crippen molar-refractivity contribution in [1.29, 1.82) is 0 Å². The molecule has 3 aromatic carbocycles. The van der Waals surface area contributed by atoms with Crippen LogP contribution >= 0.6 is 0 Å². The number of hydrogen-bond acceptors (Lipinski definition) is 3. The van der Waals surface area contributed by atoms with Crippen LogP contribution in [0.5, 0.6) is 0 Å². The Morgan fingerprint density at radius 2 is 1.65 bits per heavy atom. The molecule has 4 aromatic rings. The first-order valence-corrected chi connectivity index (χ1v) is 11.7. The van der Waals surface area contributed by atoms with Crippen molar-refractivity contribution in [3.05, 3.63) is 107 Å². The van der Waals surface area contributed by atoms with E-state index in [0.29, 0.717) is 24.9 Å². The fourth-order valence-electron chi connectivity index (χ4n) is 4.19. The van der Waals surface area contributed by atoms with Crippen molar-refractivity contribution in [2.75, 3.05) is 13.6 Å². The molecule has 0 aliphatic carbocycles. The quantitative estimate of drug-likeness (QED) is 0.299. The van der Waals surface area contributed by atoms with Crippen LogP contribution in [0.2, 0.25) is 0 Å². The number of aromatic amines is 1. The smallest absolute Gasteiger partial charge is 0.220 e. The Morgan fingerprint density at radius 3 is 2.38 bits per heavy atom. The molecule has 4 rings (SSSR count). The number of benzene rings is 3. The SMILES string of the molecule is CNC(=O)CCc1ccc2c(C(=O)[C@@H](NCCc3ccc(C)cc3)c3ccccc3)c[nH]c2c1. The second-order valence-electron chi connectivity index (χ2n) is 8.65. The van der Waals surface area contributed by atoms with Gasteiger partial charge in [-0.3, -0.25) is 9.59 Å². The fourth-order valence-corrected chi connectivity index (χ4v) is 4.19. The highest BCUT2D eigenvalue weighted by Crippen LogP contribution is 2.26. The Morgan fingerprint density at radius 1 is 0.912 bits per heavy atom. The number of aryl methyl sites for hydroxylation is 2. The van der Waals surface area contributed by atoms with Crippen LogP contribution in [0.1, 0.15) is 45.1 Å². The van der Waals surface area contributed by atoms with Gasteiger partial charge in [-0.15, -0.1) is 0 Å². The molecule has 5 heteroatoms. The average Bonchev–Trinajstić information content (AvgIpc) is 3.29. The third-order valence-electron chi connectivity index (χ3n) is 6.21. The average molecular weight is 454 g/mol. The van der Waals surface area contributed by atoms with E-state index in [0.717, 1.165) is 28.5 Å². The fraction of sp³-hybridized carbons (Fsp3) is 0.241. The number of H-pyrrole nitrogens is 1. The molecule has 0 aliphatic rings. The number of fused-ring (bicyclic) bond motifs is 1. The Labute approximate surface area is 200 Å². The second kappa shape index (κ2) is 10.9. The van der Waals surface area contributed by atoms with Crippen molar-refractivity contribution in [1.82, 2.24) is 15.6 Å².